The summed E-state index contributed by atoms with van der Waals surface area (Å²) in [6.07, 6.45) is 0. The summed E-state index contributed by atoms with van der Waals surface area (Å²) in [6, 6.07) is 12.4. The van der Waals surface area contributed by atoms with Gasteiger partial charge >= 0.3 is 0 Å². The van der Waals surface area contributed by atoms with Crippen molar-refractivity contribution in [2.45, 2.75) is 23.6 Å². The number of thioether (sulfide) groups is 1. The molecule has 1 fully saturated rings. The summed E-state index contributed by atoms with van der Waals surface area (Å²) >= 11 is 1.35. The number of fused-ring (bicyclic) bond motifs is 1. The summed E-state index contributed by atoms with van der Waals surface area (Å²) in [4.78, 5) is 30.0. The molecule has 0 radical (unpaired) electrons. The van der Waals surface area contributed by atoms with Crippen LogP contribution in [0.1, 0.15) is 12.5 Å². The maximum absolute atomic E-state index is 13.2. The van der Waals surface area contributed by atoms with Gasteiger partial charge in [0.25, 0.3) is 0 Å². The lowest BCUT2D eigenvalue weighted by Gasteiger charge is -2.32. The minimum absolute atomic E-state index is 0.113. The molecule has 2 aliphatic heterocycles. The first-order chi connectivity index (χ1) is 15.8. The molecule has 176 valence electrons. The third-order valence-electron chi connectivity index (χ3n) is 5.71. The van der Waals surface area contributed by atoms with E-state index in [0.717, 1.165) is 16.1 Å². The number of morpholine rings is 1. The molecule has 10 heteroatoms. The average Bonchev–Trinajstić information content (AvgIpc) is 2.82. The van der Waals surface area contributed by atoms with Crippen LogP contribution in [0.4, 0.5) is 11.4 Å². The molecule has 0 atom stereocenters. The van der Waals surface area contributed by atoms with Gasteiger partial charge in [-0.05, 0) is 49.7 Å². The Balaban J connectivity index is 1.63. The van der Waals surface area contributed by atoms with Crippen LogP contribution in [0.3, 0.4) is 0 Å². The van der Waals surface area contributed by atoms with Crippen LogP contribution in [0.2, 0.25) is 0 Å². The van der Waals surface area contributed by atoms with E-state index in [2.05, 4.69) is 0 Å². The van der Waals surface area contributed by atoms with E-state index in [-0.39, 0.29) is 42.1 Å². The Bertz CT molecular complexity index is 1160. The van der Waals surface area contributed by atoms with E-state index < -0.39 is 10.0 Å². The lowest BCUT2D eigenvalue weighted by molar-refractivity contribution is -0.121. The summed E-state index contributed by atoms with van der Waals surface area (Å²) in [5, 5.41) is 0. The summed E-state index contributed by atoms with van der Waals surface area (Å²) in [7, 11) is -3.72. The van der Waals surface area contributed by atoms with Gasteiger partial charge in [-0.15, -0.1) is 11.8 Å². The van der Waals surface area contributed by atoms with Crippen LogP contribution in [-0.4, -0.2) is 69.7 Å². The SMILES string of the molecule is CCN(C(=O)CN1C(=O)CSc2ccc(S(=O)(=O)N3CCOCC3)cc21)c1cccc(C)c1. The standard InChI is InChI=1S/C23H27N3O5S2/c1-3-25(18-6-4-5-17(2)13-18)22(27)15-26-20-14-19(7-8-21(20)32-16-23(26)28)33(29,30)24-9-11-31-12-10-24/h4-8,13-14H,3,9-12,15-16H2,1-2H3. The number of anilines is 2. The number of likely N-dealkylation sites (N-methyl/N-ethyl adjacent to an activating group) is 1. The van der Waals surface area contributed by atoms with Gasteiger partial charge in [-0.25, -0.2) is 8.42 Å². The normalized spacial score (nSPS) is 17.0. The van der Waals surface area contributed by atoms with Crippen LogP contribution in [0.5, 0.6) is 0 Å². The van der Waals surface area contributed by atoms with Gasteiger partial charge in [0.1, 0.15) is 6.54 Å². The Morgan fingerprint density at radius 3 is 2.61 bits per heavy atom. The number of aryl methyl sites for hydroxylation is 1. The van der Waals surface area contributed by atoms with Crippen molar-refractivity contribution in [2.24, 2.45) is 0 Å². The molecule has 0 saturated carbocycles. The highest BCUT2D eigenvalue weighted by atomic mass is 32.2. The van der Waals surface area contributed by atoms with Crippen LogP contribution in [0.15, 0.2) is 52.3 Å². The van der Waals surface area contributed by atoms with Gasteiger partial charge in [-0.3, -0.25) is 9.59 Å². The molecule has 2 amide bonds. The zero-order valence-corrected chi connectivity index (χ0v) is 20.3. The molecule has 0 N–H and O–H groups in total. The van der Waals surface area contributed by atoms with E-state index in [1.807, 2.05) is 38.1 Å². The number of sulfonamides is 1. The predicted octanol–water partition coefficient (Wildman–Crippen LogP) is 2.51. The first kappa shape index (κ1) is 23.7. The topological polar surface area (TPSA) is 87.2 Å². The van der Waals surface area contributed by atoms with Crippen LogP contribution in [-0.2, 0) is 24.3 Å². The smallest absolute Gasteiger partial charge is 0.247 e. The number of ether oxygens (including phenoxy) is 1. The largest absolute Gasteiger partial charge is 0.379 e. The summed E-state index contributed by atoms with van der Waals surface area (Å²) in [5.74, 6) is -0.246. The molecular formula is C23H27N3O5S2. The Hall–Kier alpha value is -2.40. The molecule has 2 aromatic rings. The van der Waals surface area contributed by atoms with Crippen molar-refractivity contribution >= 4 is 45.0 Å². The van der Waals surface area contributed by atoms with Crippen LogP contribution >= 0.6 is 11.8 Å². The molecule has 33 heavy (non-hydrogen) atoms. The van der Waals surface area contributed by atoms with Gasteiger partial charge in [0, 0.05) is 30.2 Å². The summed E-state index contributed by atoms with van der Waals surface area (Å²) < 4.78 is 32.9. The van der Waals surface area contributed by atoms with Crippen molar-refractivity contribution in [3.63, 3.8) is 0 Å². The number of benzene rings is 2. The Morgan fingerprint density at radius 2 is 1.91 bits per heavy atom. The molecular weight excluding hydrogens is 462 g/mol. The van der Waals surface area contributed by atoms with Crippen LogP contribution in [0, 0.1) is 6.92 Å². The summed E-state index contributed by atoms with van der Waals surface area (Å²) in [6.45, 7) is 5.42. The van der Waals surface area contributed by atoms with Crippen LogP contribution in [0.25, 0.3) is 0 Å². The molecule has 0 aromatic heterocycles. The lowest BCUT2D eigenvalue weighted by Crippen LogP contribution is -2.45. The lowest BCUT2D eigenvalue weighted by atomic mass is 10.2. The quantitative estimate of drug-likeness (QED) is 0.620. The van der Waals surface area contributed by atoms with Gasteiger partial charge in [-0.2, -0.15) is 4.31 Å². The first-order valence-corrected chi connectivity index (χ1v) is 13.3. The monoisotopic (exact) mass is 489 g/mol. The summed E-state index contributed by atoms with van der Waals surface area (Å²) in [5.41, 5.74) is 2.26. The number of nitrogens with zero attached hydrogens (tertiary/aromatic N) is 3. The van der Waals surface area contributed by atoms with Crippen molar-refractivity contribution < 1.29 is 22.7 Å². The number of hydrogen-bond acceptors (Lipinski definition) is 6. The first-order valence-electron chi connectivity index (χ1n) is 10.8. The maximum atomic E-state index is 13.2. The molecule has 2 aliphatic rings. The second-order valence-corrected chi connectivity index (χ2v) is 10.8. The maximum Gasteiger partial charge on any atom is 0.247 e. The van der Waals surface area contributed by atoms with Crippen LogP contribution < -0.4 is 9.80 Å². The fourth-order valence-electron chi connectivity index (χ4n) is 3.97. The van der Waals surface area contributed by atoms with E-state index >= 15 is 0 Å². The fraction of sp³-hybridized carbons (Fsp3) is 0.391. The number of carbonyl (C=O) groups is 2. The molecule has 1 saturated heterocycles. The molecule has 4 rings (SSSR count). The molecule has 0 aliphatic carbocycles. The highest BCUT2D eigenvalue weighted by Crippen LogP contribution is 2.37. The van der Waals surface area contributed by atoms with Gasteiger partial charge in [0.15, 0.2) is 0 Å². The molecule has 8 nitrogen and oxygen atoms in total. The zero-order valence-electron chi connectivity index (χ0n) is 18.7. The van der Waals surface area contributed by atoms with Crippen molar-refractivity contribution in [1.82, 2.24) is 4.31 Å². The average molecular weight is 490 g/mol. The van der Waals surface area contributed by atoms with Crippen molar-refractivity contribution in [1.29, 1.82) is 0 Å². The Labute approximate surface area is 198 Å². The molecule has 0 bridgehead atoms. The van der Waals surface area contributed by atoms with E-state index in [9.17, 15) is 18.0 Å². The predicted molar refractivity (Wildman–Crippen MR) is 128 cm³/mol. The van der Waals surface area contributed by atoms with Gasteiger partial charge < -0.3 is 14.5 Å². The number of hydrogen-bond donors (Lipinski definition) is 0. The highest BCUT2D eigenvalue weighted by molar-refractivity contribution is 8.00. The van der Waals surface area contributed by atoms with Crippen molar-refractivity contribution in [2.75, 3.05) is 54.9 Å². The van der Waals surface area contributed by atoms with E-state index in [1.165, 1.54) is 27.0 Å². The molecule has 2 heterocycles. The number of carbonyl (C=O) groups excluding carboxylic acids is 2. The third-order valence-corrected chi connectivity index (χ3v) is 8.65. The molecule has 0 unspecified atom stereocenters. The van der Waals surface area contributed by atoms with Gasteiger partial charge in [-0.1, -0.05) is 12.1 Å². The van der Waals surface area contributed by atoms with Crippen molar-refractivity contribution in [3.8, 4) is 0 Å². The number of rotatable bonds is 6. The Morgan fingerprint density at radius 1 is 1.15 bits per heavy atom. The highest BCUT2D eigenvalue weighted by Gasteiger charge is 2.32. The second-order valence-electron chi connectivity index (χ2n) is 7.89. The fourth-order valence-corrected chi connectivity index (χ4v) is 6.32. The molecule has 2 aromatic carbocycles. The minimum Gasteiger partial charge on any atom is -0.379 e. The van der Waals surface area contributed by atoms with E-state index in [4.69, 9.17) is 4.74 Å². The molecule has 0 spiro atoms. The number of amides is 2. The van der Waals surface area contributed by atoms with Gasteiger partial charge in [0.2, 0.25) is 21.8 Å². The van der Waals surface area contributed by atoms with E-state index in [1.54, 1.807) is 17.0 Å². The second kappa shape index (κ2) is 9.84. The van der Waals surface area contributed by atoms with E-state index in [0.29, 0.717) is 25.4 Å². The third kappa shape index (κ3) is 4.93. The van der Waals surface area contributed by atoms with Crippen molar-refractivity contribution in [3.05, 3.63) is 48.0 Å². The zero-order chi connectivity index (χ0) is 23.6. The minimum atomic E-state index is -3.72. The Kier molecular flexibility index (Phi) is 7.08. The van der Waals surface area contributed by atoms with Gasteiger partial charge in [0.05, 0.1) is 29.5 Å².